The first-order chi connectivity index (χ1) is 14.6. The molecule has 2 unspecified atom stereocenters. The van der Waals surface area contributed by atoms with Crippen molar-refractivity contribution in [1.82, 2.24) is 15.5 Å². The van der Waals surface area contributed by atoms with E-state index in [1.54, 1.807) is 7.11 Å². The SMILES string of the molecule is CCNC(=NCc1cccc(C(=O)NC(C)CC)c1)N1CCC(COCCOC)C1.I. The number of nitrogens with one attached hydrogen (secondary N) is 2. The Kier molecular flexibility index (Phi) is 13.7. The third-order valence-corrected chi connectivity index (χ3v) is 5.30. The molecule has 0 aliphatic carbocycles. The summed E-state index contributed by atoms with van der Waals surface area (Å²) >= 11 is 0. The molecule has 0 radical (unpaired) electrons. The van der Waals surface area contributed by atoms with Gasteiger partial charge in [-0.15, -0.1) is 24.0 Å². The Morgan fingerprint density at radius 2 is 2.13 bits per heavy atom. The number of hydrogen-bond acceptors (Lipinski definition) is 4. The summed E-state index contributed by atoms with van der Waals surface area (Å²) < 4.78 is 10.7. The molecule has 1 aliphatic heterocycles. The summed E-state index contributed by atoms with van der Waals surface area (Å²) in [5.74, 6) is 1.41. The van der Waals surface area contributed by atoms with E-state index < -0.39 is 0 Å². The number of aliphatic imine (C=N–C) groups is 1. The molecule has 0 spiro atoms. The number of hydrogen-bond donors (Lipinski definition) is 2. The van der Waals surface area contributed by atoms with E-state index in [0.29, 0.717) is 31.2 Å². The van der Waals surface area contributed by atoms with Crippen molar-refractivity contribution in [3.8, 4) is 0 Å². The largest absolute Gasteiger partial charge is 0.382 e. The lowest BCUT2D eigenvalue weighted by atomic mass is 10.1. The highest BCUT2D eigenvalue weighted by Gasteiger charge is 2.25. The Labute approximate surface area is 204 Å². The second-order valence-electron chi connectivity index (χ2n) is 7.82. The van der Waals surface area contributed by atoms with Crippen LogP contribution in [0.1, 0.15) is 49.5 Å². The van der Waals surface area contributed by atoms with Crippen molar-refractivity contribution in [2.75, 3.05) is 46.6 Å². The van der Waals surface area contributed by atoms with E-state index in [4.69, 9.17) is 14.5 Å². The fourth-order valence-corrected chi connectivity index (χ4v) is 3.37. The highest BCUT2D eigenvalue weighted by molar-refractivity contribution is 14.0. The smallest absolute Gasteiger partial charge is 0.251 e. The van der Waals surface area contributed by atoms with Crippen molar-refractivity contribution in [2.24, 2.45) is 10.9 Å². The molecule has 0 aromatic heterocycles. The van der Waals surface area contributed by atoms with Gasteiger partial charge in [0, 0.05) is 44.3 Å². The van der Waals surface area contributed by atoms with Crippen LogP contribution in [0, 0.1) is 5.92 Å². The highest BCUT2D eigenvalue weighted by atomic mass is 127. The molecule has 1 aromatic carbocycles. The number of carbonyl (C=O) groups is 1. The Morgan fingerprint density at radius 1 is 1.32 bits per heavy atom. The number of ether oxygens (including phenoxy) is 2. The summed E-state index contributed by atoms with van der Waals surface area (Å²) in [5, 5.41) is 6.42. The van der Waals surface area contributed by atoms with Gasteiger partial charge in [0.1, 0.15) is 0 Å². The lowest BCUT2D eigenvalue weighted by Gasteiger charge is -2.21. The van der Waals surface area contributed by atoms with Gasteiger partial charge in [0.05, 0.1) is 26.4 Å². The monoisotopic (exact) mass is 546 g/mol. The molecule has 31 heavy (non-hydrogen) atoms. The van der Waals surface area contributed by atoms with Gasteiger partial charge in [0.15, 0.2) is 5.96 Å². The molecule has 0 bridgehead atoms. The maximum absolute atomic E-state index is 12.4. The second-order valence-corrected chi connectivity index (χ2v) is 7.82. The zero-order valence-corrected chi connectivity index (χ0v) is 21.7. The fourth-order valence-electron chi connectivity index (χ4n) is 3.37. The number of likely N-dealkylation sites (tertiary alicyclic amines) is 1. The van der Waals surface area contributed by atoms with Crippen molar-refractivity contribution in [3.63, 3.8) is 0 Å². The summed E-state index contributed by atoms with van der Waals surface area (Å²) in [6.07, 6.45) is 2.01. The normalized spacial score (nSPS) is 17.2. The predicted molar refractivity (Wildman–Crippen MR) is 136 cm³/mol. The van der Waals surface area contributed by atoms with Gasteiger partial charge >= 0.3 is 0 Å². The van der Waals surface area contributed by atoms with Crippen molar-refractivity contribution in [3.05, 3.63) is 35.4 Å². The van der Waals surface area contributed by atoms with E-state index in [9.17, 15) is 4.79 Å². The minimum atomic E-state index is -0.0297. The Morgan fingerprint density at radius 3 is 2.84 bits per heavy atom. The average Bonchev–Trinajstić information content (AvgIpc) is 3.23. The van der Waals surface area contributed by atoms with Gasteiger partial charge in [-0.05, 0) is 44.4 Å². The van der Waals surface area contributed by atoms with Crippen LogP contribution in [0.15, 0.2) is 29.3 Å². The highest BCUT2D eigenvalue weighted by Crippen LogP contribution is 2.17. The van der Waals surface area contributed by atoms with E-state index in [-0.39, 0.29) is 35.9 Å². The summed E-state index contributed by atoms with van der Waals surface area (Å²) in [4.78, 5) is 19.5. The van der Waals surface area contributed by atoms with Crippen LogP contribution in [0.25, 0.3) is 0 Å². The van der Waals surface area contributed by atoms with Gasteiger partial charge in [0.2, 0.25) is 0 Å². The van der Waals surface area contributed by atoms with E-state index in [0.717, 1.165) is 50.6 Å². The molecule has 2 atom stereocenters. The summed E-state index contributed by atoms with van der Waals surface area (Å²) in [6.45, 7) is 11.5. The van der Waals surface area contributed by atoms with Crippen LogP contribution in [0.5, 0.6) is 0 Å². The molecular weight excluding hydrogens is 507 g/mol. The van der Waals surface area contributed by atoms with Crippen molar-refractivity contribution in [2.45, 2.75) is 46.2 Å². The van der Waals surface area contributed by atoms with Gasteiger partial charge in [0.25, 0.3) is 5.91 Å². The van der Waals surface area contributed by atoms with Crippen LogP contribution in [0.2, 0.25) is 0 Å². The van der Waals surface area contributed by atoms with Gasteiger partial charge in [-0.25, -0.2) is 4.99 Å². The number of carbonyl (C=O) groups excluding carboxylic acids is 1. The van der Waals surface area contributed by atoms with Crippen LogP contribution in [0.3, 0.4) is 0 Å². The van der Waals surface area contributed by atoms with Crippen LogP contribution in [0.4, 0.5) is 0 Å². The van der Waals surface area contributed by atoms with Gasteiger partial charge < -0.3 is 25.0 Å². The summed E-state index contributed by atoms with van der Waals surface area (Å²) in [5.41, 5.74) is 1.71. The molecule has 1 amide bonds. The Hall–Kier alpha value is -1.39. The average molecular weight is 546 g/mol. The minimum absolute atomic E-state index is 0. The molecule has 0 saturated carbocycles. The van der Waals surface area contributed by atoms with Gasteiger partial charge in [-0.2, -0.15) is 0 Å². The van der Waals surface area contributed by atoms with Gasteiger partial charge in [-0.1, -0.05) is 19.1 Å². The number of amides is 1. The van der Waals surface area contributed by atoms with E-state index >= 15 is 0 Å². The zero-order valence-electron chi connectivity index (χ0n) is 19.4. The van der Waals surface area contributed by atoms with Crippen LogP contribution >= 0.6 is 24.0 Å². The number of guanidine groups is 1. The second kappa shape index (κ2) is 15.4. The third-order valence-electron chi connectivity index (χ3n) is 5.30. The molecule has 176 valence electrons. The van der Waals surface area contributed by atoms with Crippen LogP contribution in [-0.4, -0.2) is 69.4 Å². The fraction of sp³-hybridized carbons (Fsp3) is 0.652. The third kappa shape index (κ3) is 9.74. The first-order valence-corrected chi connectivity index (χ1v) is 11.1. The molecule has 1 aliphatic rings. The van der Waals surface area contributed by atoms with Crippen molar-refractivity contribution in [1.29, 1.82) is 0 Å². The molecule has 1 aromatic rings. The molecule has 8 heteroatoms. The number of benzene rings is 1. The van der Waals surface area contributed by atoms with Gasteiger partial charge in [-0.3, -0.25) is 4.79 Å². The lowest BCUT2D eigenvalue weighted by Crippen LogP contribution is -2.40. The number of nitrogens with zero attached hydrogens (tertiary/aromatic N) is 2. The summed E-state index contributed by atoms with van der Waals surface area (Å²) in [7, 11) is 1.69. The first-order valence-electron chi connectivity index (χ1n) is 11.1. The number of methoxy groups -OCH3 is 1. The molecular formula is C23H39IN4O3. The van der Waals surface area contributed by atoms with E-state index in [1.807, 2.05) is 31.2 Å². The maximum atomic E-state index is 12.4. The Balaban J connectivity index is 0.00000480. The zero-order chi connectivity index (χ0) is 21.8. The molecule has 1 heterocycles. The minimum Gasteiger partial charge on any atom is -0.382 e. The molecule has 1 saturated heterocycles. The van der Waals surface area contributed by atoms with Crippen molar-refractivity contribution < 1.29 is 14.3 Å². The topological polar surface area (TPSA) is 75.2 Å². The lowest BCUT2D eigenvalue weighted by molar-refractivity contribution is 0.0536. The molecule has 7 nitrogen and oxygen atoms in total. The van der Waals surface area contributed by atoms with Crippen molar-refractivity contribution >= 4 is 35.8 Å². The number of rotatable bonds is 11. The molecule has 2 rings (SSSR count). The summed E-state index contributed by atoms with van der Waals surface area (Å²) in [6, 6.07) is 7.89. The maximum Gasteiger partial charge on any atom is 0.251 e. The predicted octanol–water partition coefficient (Wildman–Crippen LogP) is 3.28. The first kappa shape index (κ1) is 27.6. The standard InChI is InChI=1S/C23H38N4O3.HI/c1-5-18(3)26-22(28)21-9-7-8-19(14-21)15-25-23(24-6-2)27-11-10-20(16-27)17-30-13-12-29-4;/h7-9,14,18,20H,5-6,10-13,15-17H2,1-4H3,(H,24,25)(H,26,28);1H. The van der Waals surface area contributed by atoms with Crippen LogP contribution < -0.4 is 10.6 Å². The quantitative estimate of drug-likeness (QED) is 0.193. The van der Waals surface area contributed by atoms with E-state index in [2.05, 4.69) is 29.4 Å². The molecule has 2 N–H and O–H groups in total. The molecule has 1 fully saturated rings. The van der Waals surface area contributed by atoms with E-state index in [1.165, 1.54) is 0 Å². The van der Waals surface area contributed by atoms with Crippen LogP contribution in [-0.2, 0) is 16.0 Å². The Bertz CT molecular complexity index is 687. The number of halogens is 1.